The molecule has 0 spiro atoms. The van der Waals surface area contributed by atoms with Crippen molar-refractivity contribution in [3.8, 4) is 0 Å². The van der Waals surface area contributed by atoms with Crippen molar-refractivity contribution in [2.45, 2.75) is 85.2 Å². The van der Waals surface area contributed by atoms with Crippen molar-refractivity contribution in [2.75, 3.05) is 0 Å². The summed E-state index contributed by atoms with van der Waals surface area (Å²) in [5.41, 5.74) is 8.40. The van der Waals surface area contributed by atoms with Gasteiger partial charge in [-0.25, -0.2) is 4.79 Å². The molecule has 1 unspecified atom stereocenters. The van der Waals surface area contributed by atoms with Gasteiger partial charge in [0.2, 0.25) is 5.91 Å². The van der Waals surface area contributed by atoms with Gasteiger partial charge in [-0.15, -0.1) is 0 Å². The zero-order valence-electron chi connectivity index (χ0n) is 21.2. The van der Waals surface area contributed by atoms with E-state index in [2.05, 4.69) is 31.2 Å². The summed E-state index contributed by atoms with van der Waals surface area (Å²) in [5, 5.41) is 0. The van der Waals surface area contributed by atoms with E-state index in [-0.39, 0.29) is 23.8 Å². The number of nitrogens with two attached hydrogens (primary N) is 1. The standard InChI is InChI=1S/C29H41NO4/c1-5-25(17-19-27-24(4)16-20-29(33)34-27)13-8-6-7-11-22(2)15-18-26(31)14-10-9-12-23(3)21-28(30)32/h7,11,13,15-17,19-21,24,27H,5-6,8-10,12,14,18H2,1-4H3,(H2,30,32)/b11-7+,19-17+,22-15+,23-21+,25-13-/t24-,27?/m0/s1. The lowest BCUT2D eigenvalue weighted by atomic mass is 10.00. The number of cyclic esters (lactones) is 1. The van der Waals surface area contributed by atoms with Gasteiger partial charge in [0.05, 0.1) is 0 Å². The molecule has 5 nitrogen and oxygen atoms in total. The molecule has 1 amide bonds. The summed E-state index contributed by atoms with van der Waals surface area (Å²) in [7, 11) is 0. The quantitative estimate of drug-likeness (QED) is 0.134. The van der Waals surface area contributed by atoms with Crippen LogP contribution in [0.2, 0.25) is 0 Å². The lowest BCUT2D eigenvalue weighted by Crippen LogP contribution is -2.25. The van der Waals surface area contributed by atoms with Crippen LogP contribution < -0.4 is 5.73 Å². The number of allylic oxidation sites excluding steroid dienone is 8. The Kier molecular flexibility index (Phi) is 14.2. The number of esters is 1. The van der Waals surface area contributed by atoms with E-state index in [1.165, 1.54) is 17.7 Å². The van der Waals surface area contributed by atoms with E-state index in [9.17, 15) is 14.4 Å². The topological polar surface area (TPSA) is 86.5 Å². The summed E-state index contributed by atoms with van der Waals surface area (Å²) in [5.74, 6) is -0.280. The van der Waals surface area contributed by atoms with Crippen LogP contribution in [0, 0.1) is 5.92 Å². The molecule has 1 rings (SSSR count). The van der Waals surface area contributed by atoms with E-state index in [1.807, 2.05) is 39.0 Å². The molecule has 5 heteroatoms. The van der Waals surface area contributed by atoms with Crippen molar-refractivity contribution in [1.29, 1.82) is 0 Å². The van der Waals surface area contributed by atoms with Crippen molar-refractivity contribution < 1.29 is 19.1 Å². The first-order valence-corrected chi connectivity index (χ1v) is 12.3. The van der Waals surface area contributed by atoms with Crippen LogP contribution in [0.4, 0.5) is 0 Å². The van der Waals surface area contributed by atoms with Crippen molar-refractivity contribution in [2.24, 2.45) is 11.7 Å². The Morgan fingerprint density at radius 2 is 1.82 bits per heavy atom. The van der Waals surface area contributed by atoms with Crippen LogP contribution in [-0.4, -0.2) is 23.8 Å². The zero-order valence-corrected chi connectivity index (χ0v) is 21.2. The third-order valence-electron chi connectivity index (χ3n) is 5.65. The van der Waals surface area contributed by atoms with E-state index in [0.29, 0.717) is 12.8 Å². The van der Waals surface area contributed by atoms with Gasteiger partial charge in [0.25, 0.3) is 0 Å². The van der Waals surface area contributed by atoms with Crippen LogP contribution in [0.3, 0.4) is 0 Å². The number of ether oxygens (including phenoxy) is 1. The molecule has 0 saturated carbocycles. The molecule has 0 bridgehead atoms. The third kappa shape index (κ3) is 13.6. The minimum absolute atomic E-state index is 0.186. The molecule has 0 radical (unpaired) electrons. The van der Waals surface area contributed by atoms with Gasteiger partial charge in [-0.1, -0.05) is 67.0 Å². The van der Waals surface area contributed by atoms with Gasteiger partial charge in [-0.2, -0.15) is 0 Å². The maximum atomic E-state index is 12.1. The highest BCUT2D eigenvalue weighted by Crippen LogP contribution is 2.18. The van der Waals surface area contributed by atoms with E-state index >= 15 is 0 Å². The Bertz CT molecular complexity index is 871. The number of hydrogen-bond acceptors (Lipinski definition) is 4. The lowest BCUT2D eigenvalue weighted by Gasteiger charge is -2.21. The Balaban J connectivity index is 2.33. The molecule has 0 aromatic heterocycles. The summed E-state index contributed by atoms with van der Waals surface area (Å²) >= 11 is 0. The Morgan fingerprint density at radius 3 is 2.53 bits per heavy atom. The second-order valence-corrected chi connectivity index (χ2v) is 8.88. The molecule has 1 aliphatic heterocycles. The van der Waals surface area contributed by atoms with Gasteiger partial charge in [0, 0.05) is 30.9 Å². The van der Waals surface area contributed by atoms with Crippen molar-refractivity contribution in [3.63, 3.8) is 0 Å². The van der Waals surface area contributed by atoms with Gasteiger partial charge in [-0.3, -0.25) is 9.59 Å². The highest BCUT2D eigenvalue weighted by molar-refractivity contribution is 5.86. The largest absolute Gasteiger partial charge is 0.454 e. The molecule has 0 fully saturated rings. The number of primary amides is 1. The van der Waals surface area contributed by atoms with Crippen molar-refractivity contribution in [1.82, 2.24) is 0 Å². The van der Waals surface area contributed by atoms with E-state index < -0.39 is 5.91 Å². The highest BCUT2D eigenvalue weighted by atomic mass is 16.5. The predicted molar refractivity (Wildman–Crippen MR) is 139 cm³/mol. The molecule has 0 aliphatic carbocycles. The molecule has 2 N–H and O–H groups in total. The summed E-state index contributed by atoms with van der Waals surface area (Å²) in [6.45, 7) is 8.05. The number of Topliss-reactive ketones (excluding diaryl/α,β-unsaturated/α-hetero) is 1. The minimum atomic E-state index is -0.420. The van der Waals surface area contributed by atoms with Crippen LogP contribution in [0.15, 0.2) is 71.4 Å². The number of carbonyl (C=O) groups excluding carboxylic acids is 3. The average Bonchev–Trinajstić information content (AvgIpc) is 2.78. The fraction of sp³-hybridized carbons (Fsp3) is 0.483. The van der Waals surface area contributed by atoms with Crippen LogP contribution in [0.1, 0.15) is 79.1 Å². The number of amides is 1. The van der Waals surface area contributed by atoms with Crippen LogP contribution in [-0.2, 0) is 19.1 Å². The first kappa shape index (κ1) is 29.1. The zero-order chi connectivity index (χ0) is 25.3. The first-order chi connectivity index (χ1) is 16.2. The van der Waals surface area contributed by atoms with Crippen LogP contribution in [0.25, 0.3) is 0 Å². The van der Waals surface area contributed by atoms with Crippen molar-refractivity contribution >= 4 is 17.7 Å². The molecule has 1 aliphatic rings. The lowest BCUT2D eigenvalue weighted by molar-refractivity contribution is -0.143. The monoisotopic (exact) mass is 467 g/mol. The maximum Gasteiger partial charge on any atom is 0.331 e. The van der Waals surface area contributed by atoms with Crippen molar-refractivity contribution in [3.05, 3.63) is 71.4 Å². The molecular weight excluding hydrogens is 426 g/mol. The number of hydrogen-bond donors (Lipinski definition) is 1. The average molecular weight is 468 g/mol. The predicted octanol–water partition coefficient (Wildman–Crippen LogP) is 6.23. The van der Waals surface area contributed by atoms with Crippen LogP contribution >= 0.6 is 0 Å². The molecule has 34 heavy (non-hydrogen) atoms. The minimum Gasteiger partial charge on any atom is -0.454 e. The second kappa shape index (κ2) is 16.6. The molecule has 1 heterocycles. The summed E-state index contributed by atoms with van der Waals surface area (Å²) in [6.07, 6.45) is 23.3. The molecule has 0 aromatic rings. The summed E-state index contributed by atoms with van der Waals surface area (Å²) in [4.78, 5) is 34.3. The first-order valence-electron chi connectivity index (χ1n) is 12.3. The summed E-state index contributed by atoms with van der Waals surface area (Å²) in [6, 6.07) is 0. The SMILES string of the molecule is CCC(=C/CC/C=C/C(C)=C/CC(=O)CCCC/C(C)=C/C(N)=O)/C=C/C1OC(=O)C=C[C@@H]1C. The van der Waals surface area contributed by atoms with Gasteiger partial charge in [0.1, 0.15) is 11.9 Å². The third-order valence-corrected chi connectivity index (χ3v) is 5.65. The number of ketones is 1. The van der Waals surface area contributed by atoms with Gasteiger partial charge < -0.3 is 10.5 Å². The van der Waals surface area contributed by atoms with Gasteiger partial charge >= 0.3 is 5.97 Å². The Morgan fingerprint density at radius 1 is 1.09 bits per heavy atom. The molecule has 186 valence electrons. The number of rotatable bonds is 15. The number of carbonyl (C=O) groups is 3. The van der Waals surface area contributed by atoms with E-state index in [4.69, 9.17) is 10.5 Å². The Labute approximate surface area is 205 Å². The van der Waals surface area contributed by atoms with Gasteiger partial charge in [0.15, 0.2) is 0 Å². The Hall–Kier alpha value is -2.95. The van der Waals surface area contributed by atoms with Crippen LogP contribution in [0.5, 0.6) is 0 Å². The fourth-order valence-corrected chi connectivity index (χ4v) is 3.50. The molecule has 0 aromatic carbocycles. The molecule has 0 saturated heterocycles. The summed E-state index contributed by atoms with van der Waals surface area (Å²) < 4.78 is 5.35. The van der Waals surface area contributed by atoms with Gasteiger partial charge in [-0.05, 0) is 58.4 Å². The molecule has 2 atom stereocenters. The van der Waals surface area contributed by atoms with E-state index in [1.54, 1.807) is 0 Å². The molecular formula is C29H41NO4. The fourth-order valence-electron chi connectivity index (χ4n) is 3.50. The second-order valence-electron chi connectivity index (χ2n) is 8.88. The van der Waals surface area contributed by atoms with E-state index in [0.717, 1.165) is 49.7 Å². The highest BCUT2D eigenvalue weighted by Gasteiger charge is 2.20. The smallest absolute Gasteiger partial charge is 0.331 e. The normalized spacial score (nSPS) is 19.8. The number of unbranched alkanes of at least 4 members (excludes halogenated alkanes) is 2. The maximum absolute atomic E-state index is 12.1.